The van der Waals surface area contributed by atoms with Crippen LogP contribution in [0.1, 0.15) is 22.3 Å². The van der Waals surface area contributed by atoms with Gasteiger partial charge in [-0.15, -0.1) is 0 Å². The number of hydrogen-bond donors (Lipinski definition) is 0. The van der Waals surface area contributed by atoms with E-state index in [0.717, 1.165) is 0 Å². The van der Waals surface area contributed by atoms with Crippen LogP contribution in [0.3, 0.4) is 0 Å². The smallest absolute Gasteiger partial charge is 0.211 e. The largest absolute Gasteiger partial charge is 0.494 e. The van der Waals surface area contributed by atoms with Crippen LogP contribution in [0.5, 0.6) is 23.0 Å². The molecule has 1 unspecified atom stereocenters. The Kier molecular flexibility index (Phi) is 10.8. The van der Waals surface area contributed by atoms with Crippen molar-refractivity contribution < 1.29 is 99.3 Å². The highest BCUT2D eigenvalue weighted by molar-refractivity contribution is 5.57. The van der Waals surface area contributed by atoms with Crippen molar-refractivity contribution in [2.75, 3.05) is 28.4 Å². The first-order chi connectivity index (χ1) is 24.4. The Morgan fingerprint density at radius 3 is 0.885 bits per heavy atom. The Balaban J connectivity index is 2.63. The molecule has 0 saturated heterocycles. The highest BCUT2D eigenvalue weighted by Crippen LogP contribution is 2.61. The summed E-state index contributed by atoms with van der Waals surface area (Å²) in [5, 5.41) is 0. The fraction of sp³-hybridized carbons (Fsp3) is 0.200. The SMILES string of the molecule is COc1ccc(C(OF)(c2c(F)c(F)c(OC)c(F)c2F)C(OF)(c2c(F)c(F)c(OC)c(F)c2F)c2c(F)c(F)c(OC)c(F)c2F)c(F)c1F. The third kappa shape index (κ3) is 5.04. The topological polar surface area (TPSA) is 55.4 Å². The van der Waals surface area contributed by atoms with Gasteiger partial charge in [-0.2, -0.15) is 40.6 Å². The lowest BCUT2D eigenvalue weighted by molar-refractivity contribution is -0.350. The van der Waals surface area contributed by atoms with Crippen LogP contribution in [-0.4, -0.2) is 28.4 Å². The summed E-state index contributed by atoms with van der Waals surface area (Å²) in [6.07, 6.45) is 0. The Morgan fingerprint density at radius 1 is 0.346 bits per heavy atom. The van der Waals surface area contributed by atoms with Crippen molar-refractivity contribution in [1.82, 2.24) is 0 Å². The molecule has 0 bridgehead atoms. The van der Waals surface area contributed by atoms with Crippen LogP contribution in [0.15, 0.2) is 12.1 Å². The van der Waals surface area contributed by atoms with Gasteiger partial charge in [0.25, 0.3) is 0 Å². The van der Waals surface area contributed by atoms with E-state index in [2.05, 4.69) is 28.8 Å². The first kappa shape index (κ1) is 39.7. The molecule has 4 aromatic rings. The van der Waals surface area contributed by atoms with E-state index in [0.29, 0.717) is 28.4 Å². The van der Waals surface area contributed by atoms with Crippen LogP contribution in [0.2, 0.25) is 0 Å². The van der Waals surface area contributed by atoms with E-state index >= 15 is 70.5 Å². The first-order valence-corrected chi connectivity index (χ1v) is 13.2. The monoisotopic (exact) mass is 774 g/mol. The second-order valence-corrected chi connectivity index (χ2v) is 9.95. The van der Waals surface area contributed by atoms with E-state index in [1.54, 1.807) is 0 Å². The van der Waals surface area contributed by atoms with Crippen molar-refractivity contribution in [2.45, 2.75) is 11.2 Å². The van der Waals surface area contributed by atoms with Gasteiger partial charge in [-0.25, -0.2) is 30.7 Å². The maximum atomic E-state index is 16.1. The van der Waals surface area contributed by atoms with Gasteiger partial charge in [0.1, 0.15) is 0 Å². The standard InChI is InChI=1S/C30H14F16O6/c1-47-8-6-5-7(12(31)13(8)32)29(51-45,9-14(33)20(39)26(48-2)21(40)15(9)34)30(52-46,10-16(35)22(41)27(49-3)23(42)17(10)36)11-18(37)24(43)28(50-4)25(44)19(11)38/h5-6H,1-4H3. The number of halogens is 16. The molecule has 0 spiro atoms. The van der Waals surface area contributed by atoms with Crippen molar-refractivity contribution in [3.63, 3.8) is 0 Å². The lowest BCUT2D eigenvalue weighted by atomic mass is 9.64. The molecule has 0 heterocycles. The van der Waals surface area contributed by atoms with Crippen LogP contribution in [0.4, 0.5) is 70.5 Å². The number of rotatable bonds is 11. The summed E-state index contributed by atoms with van der Waals surface area (Å²) in [7, 11) is 1.55. The van der Waals surface area contributed by atoms with Crippen LogP contribution in [0, 0.1) is 81.4 Å². The summed E-state index contributed by atoms with van der Waals surface area (Å²) in [5.41, 5.74) is -24.3. The zero-order valence-corrected chi connectivity index (χ0v) is 25.7. The summed E-state index contributed by atoms with van der Waals surface area (Å²) >= 11 is 0. The number of methoxy groups -OCH3 is 4. The Bertz CT molecular complexity index is 1940. The molecule has 4 rings (SSSR count). The molecule has 0 amide bonds. The molecule has 0 aliphatic heterocycles. The van der Waals surface area contributed by atoms with E-state index in [-0.39, 0.29) is 12.1 Å². The fourth-order valence-electron chi connectivity index (χ4n) is 5.50. The van der Waals surface area contributed by atoms with Crippen molar-refractivity contribution in [1.29, 1.82) is 0 Å². The Labute approximate surface area is 278 Å². The Morgan fingerprint density at radius 2 is 0.635 bits per heavy atom. The molecule has 0 aliphatic rings. The zero-order chi connectivity index (χ0) is 39.4. The Hall–Kier alpha value is -5.12. The number of benzene rings is 4. The van der Waals surface area contributed by atoms with Gasteiger partial charge in [0.05, 0.1) is 45.1 Å². The van der Waals surface area contributed by atoms with Crippen molar-refractivity contribution in [3.05, 3.63) is 116 Å². The predicted octanol–water partition coefficient (Wildman–Crippen LogP) is 8.66. The molecule has 0 saturated carbocycles. The van der Waals surface area contributed by atoms with Gasteiger partial charge in [-0.05, 0) is 21.2 Å². The maximum absolute atomic E-state index is 16.1. The van der Waals surface area contributed by atoms with Crippen LogP contribution in [0.25, 0.3) is 0 Å². The average Bonchev–Trinajstić information content (AvgIpc) is 3.12. The molecule has 52 heavy (non-hydrogen) atoms. The molecule has 0 radical (unpaired) electrons. The van der Waals surface area contributed by atoms with Gasteiger partial charge in [0, 0.05) is 5.56 Å². The summed E-state index contributed by atoms with van der Waals surface area (Å²) in [6, 6.07) is -0.234. The second-order valence-electron chi connectivity index (χ2n) is 9.95. The van der Waals surface area contributed by atoms with E-state index in [9.17, 15) is 0 Å². The molecule has 1 atom stereocenters. The van der Waals surface area contributed by atoms with Crippen LogP contribution >= 0.6 is 0 Å². The first-order valence-electron chi connectivity index (χ1n) is 13.2. The summed E-state index contributed by atoms with van der Waals surface area (Å²) < 4.78 is 267. The van der Waals surface area contributed by atoms with Crippen LogP contribution < -0.4 is 18.9 Å². The number of hydrogen-bond acceptors (Lipinski definition) is 6. The summed E-state index contributed by atoms with van der Waals surface area (Å²) in [4.78, 5) is 6.60. The third-order valence-electron chi connectivity index (χ3n) is 7.71. The van der Waals surface area contributed by atoms with E-state index in [1.807, 2.05) is 0 Å². The van der Waals surface area contributed by atoms with Crippen molar-refractivity contribution >= 4 is 0 Å². The molecule has 0 N–H and O–H groups in total. The normalized spacial score (nSPS) is 12.9. The van der Waals surface area contributed by atoms with Gasteiger partial charge in [0.2, 0.25) is 51.9 Å². The molecule has 0 aromatic heterocycles. The second kappa shape index (κ2) is 14.1. The van der Waals surface area contributed by atoms with Gasteiger partial charge in [-0.1, -0.05) is 0 Å². The van der Waals surface area contributed by atoms with E-state index in [1.165, 1.54) is 0 Å². The molecule has 6 nitrogen and oxygen atoms in total. The lowest BCUT2D eigenvalue weighted by Crippen LogP contribution is -2.56. The van der Waals surface area contributed by atoms with Crippen LogP contribution in [-0.2, 0) is 21.1 Å². The van der Waals surface area contributed by atoms with E-state index in [4.69, 9.17) is 0 Å². The minimum atomic E-state index is -6.00. The molecular formula is C30H14F16O6. The minimum Gasteiger partial charge on any atom is -0.494 e. The molecule has 282 valence electrons. The van der Waals surface area contributed by atoms with Crippen molar-refractivity contribution in [3.8, 4) is 23.0 Å². The van der Waals surface area contributed by atoms with E-state index < -0.39 is 138 Å². The van der Waals surface area contributed by atoms with Gasteiger partial charge in [0.15, 0.2) is 63.7 Å². The molecule has 22 heteroatoms. The fourth-order valence-corrected chi connectivity index (χ4v) is 5.50. The quantitative estimate of drug-likeness (QED) is 0.112. The van der Waals surface area contributed by atoms with Gasteiger partial charge in [-0.3, -0.25) is 0 Å². The lowest BCUT2D eigenvalue weighted by Gasteiger charge is -2.45. The highest BCUT2D eigenvalue weighted by Gasteiger charge is 2.70. The summed E-state index contributed by atoms with van der Waals surface area (Å²) in [6.45, 7) is 0. The third-order valence-corrected chi connectivity index (χ3v) is 7.71. The number of ether oxygens (including phenoxy) is 4. The minimum absolute atomic E-state index is 0.0559. The maximum Gasteiger partial charge on any atom is 0.211 e. The predicted molar refractivity (Wildman–Crippen MR) is 137 cm³/mol. The van der Waals surface area contributed by atoms with Crippen molar-refractivity contribution in [2.24, 2.45) is 0 Å². The molecular weight excluding hydrogens is 760 g/mol. The summed E-state index contributed by atoms with van der Waals surface area (Å²) in [5.74, 6) is -50.7. The highest BCUT2D eigenvalue weighted by atomic mass is 19.3. The average molecular weight is 774 g/mol. The van der Waals surface area contributed by atoms with Gasteiger partial charge >= 0.3 is 0 Å². The molecule has 0 aliphatic carbocycles. The zero-order valence-electron chi connectivity index (χ0n) is 25.7. The molecule has 0 fully saturated rings. The molecule has 4 aromatic carbocycles. The van der Waals surface area contributed by atoms with Gasteiger partial charge < -0.3 is 18.9 Å².